The first-order chi connectivity index (χ1) is 8.12. The van der Waals surface area contributed by atoms with Crippen LogP contribution in [0.25, 0.3) is 0 Å². The number of carbonyl (C=O) groups excluding carboxylic acids is 2. The Labute approximate surface area is 100 Å². The highest BCUT2D eigenvalue weighted by Gasteiger charge is 2.12. The number of aliphatic hydroxyl groups is 1. The molecule has 0 aromatic heterocycles. The van der Waals surface area contributed by atoms with Crippen molar-refractivity contribution in [2.75, 3.05) is 7.11 Å². The minimum Gasteiger partial charge on any atom is -0.465 e. The predicted octanol–water partition coefficient (Wildman–Crippen LogP) is 1.95. The van der Waals surface area contributed by atoms with Crippen molar-refractivity contribution in [3.05, 3.63) is 34.9 Å². The molecule has 0 radical (unpaired) electrons. The summed E-state index contributed by atoms with van der Waals surface area (Å²) in [6.45, 7) is 1.70. The predicted molar refractivity (Wildman–Crippen MR) is 62.9 cm³/mol. The van der Waals surface area contributed by atoms with Gasteiger partial charge in [0.05, 0.1) is 19.3 Å². The Hall–Kier alpha value is -1.68. The van der Waals surface area contributed by atoms with Gasteiger partial charge < -0.3 is 9.84 Å². The van der Waals surface area contributed by atoms with E-state index < -0.39 is 5.97 Å². The lowest BCUT2D eigenvalue weighted by atomic mass is 10.0. The van der Waals surface area contributed by atoms with E-state index in [1.165, 1.54) is 19.2 Å². The summed E-state index contributed by atoms with van der Waals surface area (Å²) in [7, 11) is 1.28. The van der Waals surface area contributed by atoms with Crippen LogP contribution in [0.4, 0.5) is 0 Å². The third-order valence-corrected chi connectivity index (χ3v) is 2.40. The lowest BCUT2D eigenvalue weighted by Gasteiger charge is -2.06. The van der Waals surface area contributed by atoms with Crippen molar-refractivity contribution in [3.8, 4) is 0 Å². The molecule has 4 heteroatoms. The van der Waals surface area contributed by atoms with E-state index in [1.807, 2.05) is 6.92 Å². The maximum Gasteiger partial charge on any atom is 0.337 e. The number of aliphatic hydroxyl groups excluding tert-OH is 1. The number of carbonyl (C=O) groups is 2. The first kappa shape index (κ1) is 13.4. The Balaban J connectivity index is 3.13. The van der Waals surface area contributed by atoms with Crippen LogP contribution >= 0.6 is 0 Å². The van der Waals surface area contributed by atoms with Gasteiger partial charge in [-0.05, 0) is 30.2 Å². The molecule has 0 bridgehead atoms. The van der Waals surface area contributed by atoms with Crippen LogP contribution in [-0.4, -0.2) is 24.0 Å². The summed E-state index contributed by atoms with van der Waals surface area (Å²) in [5.41, 5.74) is 1.27. The van der Waals surface area contributed by atoms with Gasteiger partial charge in [-0.2, -0.15) is 0 Å². The van der Waals surface area contributed by atoms with E-state index in [0.717, 1.165) is 6.42 Å². The molecule has 0 saturated carbocycles. The van der Waals surface area contributed by atoms with Crippen molar-refractivity contribution in [1.82, 2.24) is 0 Å². The summed E-state index contributed by atoms with van der Waals surface area (Å²) in [5, 5.41) is 9.09. The second kappa shape index (κ2) is 6.15. The summed E-state index contributed by atoms with van der Waals surface area (Å²) in [4.78, 5) is 23.1. The summed E-state index contributed by atoms with van der Waals surface area (Å²) in [6.07, 6.45) is 1.17. The van der Waals surface area contributed by atoms with Crippen LogP contribution in [-0.2, 0) is 11.3 Å². The minimum atomic E-state index is -0.508. The van der Waals surface area contributed by atoms with E-state index in [9.17, 15) is 9.59 Å². The van der Waals surface area contributed by atoms with Crippen LogP contribution in [0.3, 0.4) is 0 Å². The monoisotopic (exact) mass is 236 g/mol. The standard InChI is InChI=1S/C13H16O4/c1-3-4-12(15)10-5-9(8-14)6-11(7-10)13(16)17-2/h5-7,14H,3-4,8H2,1-2H3. The van der Waals surface area contributed by atoms with E-state index >= 15 is 0 Å². The van der Waals surface area contributed by atoms with Crippen LogP contribution in [0, 0.1) is 0 Å². The average Bonchev–Trinajstić information content (AvgIpc) is 2.37. The van der Waals surface area contributed by atoms with Crippen molar-refractivity contribution < 1.29 is 19.4 Å². The molecule has 0 saturated heterocycles. The van der Waals surface area contributed by atoms with Gasteiger partial charge in [-0.25, -0.2) is 4.79 Å². The summed E-state index contributed by atoms with van der Waals surface area (Å²) in [5.74, 6) is -0.543. The molecule has 0 aliphatic rings. The quantitative estimate of drug-likeness (QED) is 0.627. The third kappa shape index (κ3) is 3.39. The number of ether oxygens (including phenoxy) is 1. The Morgan fingerprint density at radius 3 is 2.41 bits per heavy atom. The van der Waals surface area contributed by atoms with Gasteiger partial charge in [0.25, 0.3) is 0 Å². The summed E-state index contributed by atoms with van der Waals surface area (Å²) in [6, 6.07) is 4.63. The van der Waals surface area contributed by atoms with Gasteiger partial charge in [0.1, 0.15) is 0 Å². The number of hydrogen-bond acceptors (Lipinski definition) is 4. The Morgan fingerprint density at radius 2 is 1.88 bits per heavy atom. The van der Waals surface area contributed by atoms with Gasteiger partial charge in [0.2, 0.25) is 0 Å². The second-order valence-corrected chi connectivity index (χ2v) is 3.74. The Kier molecular flexibility index (Phi) is 4.84. The molecule has 0 unspecified atom stereocenters. The fourth-order valence-corrected chi connectivity index (χ4v) is 1.55. The maximum atomic E-state index is 11.7. The molecule has 17 heavy (non-hydrogen) atoms. The number of rotatable bonds is 5. The molecule has 0 spiro atoms. The highest BCUT2D eigenvalue weighted by atomic mass is 16.5. The van der Waals surface area contributed by atoms with Gasteiger partial charge in [0, 0.05) is 12.0 Å². The van der Waals surface area contributed by atoms with E-state index in [2.05, 4.69) is 4.74 Å². The summed E-state index contributed by atoms with van der Waals surface area (Å²) >= 11 is 0. The van der Waals surface area contributed by atoms with Gasteiger partial charge in [-0.15, -0.1) is 0 Å². The SMILES string of the molecule is CCCC(=O)c1cc(CO)cc(C(=O)OC)c1. The third-order valence-electron chi connectivity index (χ3n) is 2.40. The van der Waals surface area contributed by atoms with Crippen molar-refractivity contribution >= 4 is 11.8 Å². The minimum absolute atomic E-state index is 0.0343. The van der Waals surface area contributed by atoms with Crippen LogP contribution in [0.1, 0.15) is 46.0 Å². The smallest absolute Gasteiger partial charge is 0.337 e. The van der Waals surface area contributed by atoms with Crippen molar-refractivity contribution in [1.29, 1.82) is 0 Å². The molecule has 4 nitrogen and oxygen atoms in total. The second-order valence-electron chi connectivity index (χ2n) is 3.74. The average molecular weight is 236 g/mol. The highest BCUT2D eigenvalue weighted by Crippen LogP contribution is 2.14. The molecule has 0 heterocycles. The highest BCUT2D eigenvalue weighted by molar-refractivity contribution is 5.99. The molecule has 1 aromatic carbocycles. The topological polar surface area (TPSA) is 63.6 Å². The lowest BCUT2D eigenvalue weighted by Crippen LogP contribution is -2.06. The van der Waals surface area contributed by atoms with Crippen LogP contribution in [0.15, 0.2) is 18.2 Å². The molecule has 0 amide bonds. The number of ketones is 1. The molecular weight excluding hydrogens is 220 g/mol. The zero-order chi connectivity index (χ0) is 12.8. The fourth-order valence-electron chi connectivity index (χ4n) is 1.55. The van der Waals surface area contributed by atoms with Crippen LogP contribution in [0.5, 0.6) is 0 Å². The van der Waals surface area contributed by atoms with E-state index in [4.69, 9.17) is 5.11 Å². The lowest BCUT2D eigenvalue weighted by molar-refractivity contribution is 0.0600. The van der Waals surface area contributed by atoms with Gasteiger partial charge in [-0.3, -0.25) is 4.79 Å². The van der Waals surface area contributed by atoms with Crippen molar-refractivity contribution in [2.24, 2.45) is 0 Å². The molecule has 0 fully saturated rings. The van der Waals surface area contributed by atoms with Gasteiger partial charge in [-0.1, -0.05) is 6.92 Å². The zero-order valence-corrected chi connectivity index (χ0v) is 10.0. The Morgan fingerprint density at radius 1 is 1.24 bits per heavy atom. The molecule has 0 atom stereocenters. The largest absolute Gasteiger partial charge is 0.465 e. The molecule has 1 aromatic rings. The molecule has 0 aliphatic heterocycles. The van der Waals surface area contributed by atoms with Crippen LogP contribution in [0.2, 0.25) is 0 Å². The van der Waals surface area contributed by atoms with Crippen molar-refractivity contribution in [3.63, 3.8) is 0 Å². The molecular formula is C13H16O4. The van der Waals surface area contributed by atoms with E-state index in [0.29, 0.717) is 23.1 Å². The number of Topliss-reactive ketones (excluding diaryl/α,β-unsaturated/α-hetero) is 1. The number of hydrogen-bond donors (Lipinski definition) is 1. The fraction of sp³-hybridized carbons (Fsp3) is 0.385. The Bertz CT molecular complexity index is 423. The first-order valence-corrected chi connectivity index (χ1v) is 5.48. The molecule has 0 aliphatic carbocycles. The number of esters is 1. The van der Waals surface area contributed by atoms with Gasteiger partial charge in [0.15, 0.2) is 5.78 Å². The van der Waals surface area contributed by atoms with E-state index in [1.54, 1.807) is 6.07 Å². The normalized spacial score (nSPS) is 10.1. The number of methoxy groups -OCH3 is 1. The first-order valence-electron chi connectivity index (χ1n) is 5.48. The summed E-state index contributed by atoms with van der Waals surface area (Å²) < 4.78 is 4.60. The van der Waals surface area contributed by atoms with Crippen LogP contribution < -0.4 is 0 Å². The molecule has 1 N–H and O–H groups in total. The maximum absolute atomic E-state index is 11.7. The van der Waals surface area contributed by atoms with Crippen molar-refractivity contribution in [2.45, 2.75) is 26.4 Å². The van der Waals surface area contributed by atoms with Gasteiger partial charge >= 0.3 is 5.97 Å². The zero-order valence-electron chi connectivity index (χ0n) is 10.0. The molecule has 1 rings (SSSR count). The number of benzene rings is 1. The van der Waals surface area contributed by atoms with E-state index in [-0.39, 0.29) is 12.4 Å². The molecule has 92 valence electrons.